The molecule has 0 heterocycles. The maximum Gasteiger partial charge on any atom is 0.387 e. The molecular weight excluding hydrogens is 435 g/mol. The Hall–Kier alpha value is -1.36. The number of alkyl halides is 2. The summed E-state index contributed by atoms with van der Waals surface area (Å²) in [5.74, 6) is 0.572. The molecule has 6 nitrogen and oxygen atoms in total. The SMILES string of the molecule is COCC(C)NC(N)=NCCc1ccc(OC)c(OC(F)F)c1.I. The zero-order chi connectivity index (χ0) is 17.2. The monoisotopic (exact) mass is 459 g/mol. The number of methoxy groups -OCH3 is 2. The minimum Gasteiger partial charge on any atom is -0.493 e. The molecule has 1 aromatic carbocycles. The molecule has 0 aromatic heterocycles. The first-order chi connectivity index (χ1) is 11.0. The van der Waals surface area contributed by atoms with Crippen molar-refractivity contribution in [1.82, 2.24) is 5.32 Å². The Morgan fingerprint density at radius 3 is 2.58 bits per heavy atom. The van der Waals surface area contributed by atoms with Crippen LogP contribution < -0.4 is 20.5 Å². The average molecular weight is 459 g/mol. The molecule has 0 bridgehead atoms. The van der Waals surface area contributed by atoms with Crippen molar-refractivity contribution in [1.29, 1.82) is 0 Å². The Labute approximate surface area is 157 Å². The molecule has 1 unspecified atom stereocenters. The highest BCUT2D eigenvalue weighted by atomic mass is 127. The predicted molar refractivity (Wildman–Crippen MR) is 99.7 cm³/mol. The van der Waals surface area contributed by atoms with E-state index in [4.69, 9.17) is 15.2 Å². The molecule has 24 heavy (non-hydrogen) atoms. The van der Waals surface area contributed by atoms with Crippen molar-refractivity contribution in [2.75, 3.05) is 27.4 Å². The van der Waals surface area contributed by atoms with Gasteiger partial charge >= 0.3 is 6.61 Å². The largest absolute Gasteiger partial charge is 0.493 e. The molecule has 0 aliphatic heterocycles. The maximum absolute atomic E-state index is 12.4. The molecule has 0 aliphatic rings. The van der Waals surface area contributed by atoms with Crippen molar-refractivity contribution < 1.29 is 23.0 Å². The van der Waals surface area contributed by atoms with Crippen molar-refractivity contribution in [3.05, 3.63) is 23.8 Å². The van der Waals surface area contributed by atoms with Gasteiger partial charge in [0.1, 0.15) is 0 Å². The normalized spacial score (nSPS) is 12.5. The second-order valence-corrected chi connectivity index (χ2v) is 4.88. The molecule has 0 fully saturated rings. The van der Waals surface area contributed by atoms with E-state index in [-0.39, 0.29) is 41.5 Å². The average Bonchev–Trinajstić information content (AvgIpc) is 2.47. The van der Waals surface area contributed by atoms with Crippen LogP contribution in [-0.2, 0) is 11.2 Å². The fraction of sp³-hybridized carbons (Fsp3) is 0.533. The molecular formula is C15H24F2IN3O3. The van der Waals surface area contributed by atoms with Crippen LogP contribution in [0.4, 0.5) is 8.78 Å². The summed E-state index contributed by atoms with van der Waals surface area (Å²) in [7, 11) is 3.00. The third-order valence-electron chi connectivity index (χ3n) is 2.94. The first-order valence-electron chi connectivity index (χ1n) is 7.13. The molecule has 1 rings (SSSR count). The van der Waals surface area contributed by atoms with Crippen LogP contribution >= 0.6 is 24.0 Å². The molecule has 1 aromatic rings. The summed E-state index contributed by atoms with van der Waals surface area (Å²) in [5.41, 5.74) is 6.54. The van der Waals surface area contributed by atoms with Crippen molar-refractivity contribution >= 4 is 29.9 Å². The van der Waals surface area contributed by atoms with Crippen LogP contribution in [0.15, 0.2) is 23.2 Å². The summed E-state index contributed by atoms with van der Waals surface area (Å²) in [6.07, 6.45) is 0.532. The second-order valence-electron chi connectivity index (χ2n) is 4.88. The number of hydrogen-bond donors (Lipinski definition) is 2. The van der Waals surface area contributed by atoms with Gasteiger partial charge in [0.15, 0.2) is 17.5 Å². The Bertz CT molecular complexity index is 519. The number of ether oxygens (including phenoxy) is 3. The summed E-state index contributed by atoms with van der Waals surface area (Å²) in [5, 5.41) is 2.98. The van der Waals surface area contributed by atoms with Gasteiger partial charge in [0.2, 0.25) is 0 Å². The van der Waals surface area contributed by atoms with Crippen molar-refractivity contribution in [3.8, 4) is 11.5 Å². The highest BCUT2D eigenvalue weighted by Gasteiger charge is 2.11. The van der Waals surface area contributed by atoms with E-state index in [0.717, 1.165) is 5.56 Å². The number of hydrogen-bond acceptors (Lipinski definition) is 4. The minimum absolute atomic E-state index is 0. The van der Waals surface area contributed by atoms with Crippen molar-refractivity contribution in [2.45, 2.75) is 26.0 Å². The lowest BCUT2D eigenvalue weighted by molar-refractivity contribution is -0.0512. The van der Waals surface area contributed by atoms with Crippen LogP contribution in [0.3, 0.4) is 0 Å². The molecule has 138 valence electrons. The number of guanidine groups is 1. The van der Waals surface area contributed by atoms with Gasteiger partial charge in [-0.15, -0.1) is 24.0 Å². The Kier molecular flexibility index (Phi) is 11.4. The standard InChI is InChI=1S/C15H23F2N3O3.HI/c1-10(9-21-2)20-15(18)19-7-6-11-4-5-12(22-3)13(8-11)23-14(16)17;/h4-5,8,10,14H,6-7,9H2,1-3H3,(H3,18,19,20);1H. The zero-order valence-electron chi connectivity index (χ0n) is 13.9. The fourth-order valence-electron chi connectivity index (χ4n) is 1.96. The number of nitrogens with zero attached hydrogens (tertiary/aromatic N) is 1. The third kappa shape index (κ3) is 8.48. The van der Waals surface area contributed by atoms with Gasteiger partial charge in [-0.3, -0.25) is 4.99 Å². The van der Waals surface area contributed by atoms with E-state index in [0.29, 0.717) is 25.5 Å². The summed E-state index contributed by atoms with van der Waals surface area (Å²) in [4.78, 5) is 4.18. The van der Waals surface area contributed by atoms with Gasteiger partial charge in [-0.05, 0) is 31.0 Å². The first-order valence-corrected chi connectivity index (χ1v) is 7.13. The lowest BCUT2D eigenvalue weighted by Crippen LogP contribution is -2.40. The number of aliphatic imine (C=N–C) groups is 1. The second kappa shape index (κ2) is 12.1. The van der Waals surface area contributed by atoms with Gasteiger partial charge in [-0.25, -0.2) is 0 Å². The lowest BCUT2D eigenvalue weighted by Gasteiger charge is -2.13. The third-order valence-corrected chi connectivity index (χ3v) is 2.94. The smallest absolute Gasteiger partial charge is 0.387 e. The molecule has 3 N–H and O–H groups in total. The van der Waals surface area contributed by atoms with Crippen LogP contribution in [0.2, 0.25) is 0 Å². The van der Waals surface area contributed by atoms with Gasteiger partial charge in [0.05, 0.1) is 13.7 Å². The molecule has 0 amide bonds. The number of rotatable bonds is 9. The summed E-state index contributed by atoms with van der Waals surface area (Å²) >= 11 is 0. The van der Waals surface area contributed by atoms with E-state index >= 15 is 0 Å². The molecule has 9 heteroatoms. The topological polar surface area (TPSA) is 78.1 Å². The van der Waals surface area contributed by atoms with Gasteiger partial charge in [0, 0.05) is 19.7 Å². The molecule has 0 saturated heterocycles. The molecule has 0 aliphatic carbocycles. The minimum atomic E-state index is -2.90. The number of benzene rings is 1. The van der Waals surface area contributed by atoms with Crippen LogP contribution in [0, 0.1) is 0 Å². The van der Waals surface area contributed by atoms with Gasteiger partial charge in [-0.2, -0.15) is 8.78 Å². The number of nitrogens with two attached hydrogens (primary N) is 1. The van der Waals surface area contributed by atoms with Gasteiger partial charge in [-0.1, -0.05) is 6.07 Å². The summed E-state index contributed by atoms with van der Waals surface area (Å²) in [6, 6.07) is 4.91. The van der Waals surface area contributed by atoms with E-state index in [1.807, 2.05) is 6.92 Å². The van der Waals surface area contributed by atoms with E-state index < -0.39 is 6.61 Å². The molecule has 0 radical (unpaired) electrons. The van der Waals surface area contributed by atoms with Gasteiger partial charge in [0.25, 0.3) is 0 Å². The predicted octanol–water partition coefficient (Wildman–Crippen LogP) is 2.40. The molecule has 0 spiro atoms. The quantitative estimate of drug-likeness (QED) is 0.337. The van der Waals surface area contributed by atoms with Crippen LogP contribution in [0.1, 0.15) is 12.5 Å². The maximum atomic E-state index is 12.4. The fourth-order valence-corrected chi connectivity index (χ4v) is 1.96. The number of nitrogens with one attached hydrogen (secondary N) is 1. The van der Waals surface area contributed by atoms with Crippen molar-refractivity contribution in [2.24, 2.45) is 10.7 Å². The molecule has 0 saturated carbocycles. The summed E-state index contributed by atoms with van der Waals surface area (Å²) < 4.78 is 39.2. The van der Waals surface area contributed by atoms with Crippen molar-refractivity contribution in [3.63, 3.8) is 0 Å². The van der Waals surface area contributed by atoms with E-state index in [2.05, 4.69) is 15.0 Å². The Morgan fingerprint density at radius 1 is 1.29 bits per heavy atom. The van der Waals surface area contributed by atoms with Crippen LogP contribution in [0.25, 0.3) is 0 Å². The molecule has 1 atom stereocenters. The van der Waals surface area contributed by atoms with E-state index in [1.165, 1.54) is 13.2 Å². The summed E-state index contributed by atoms with van der Waals surface area (Å²) in [6.45, 7) is -0.0509. The van der Waals surface area contributed by atoms with E-state index in [1.54, 1.807) is 19.2 Å². The number of halogens is 3. The first kappa shape index (κ1) is 22.6. The Balaban J connectivity index is 0.00000529. The van der Waals surface area contributed by atoms with E-state index in [9.17, 15) is 8.78 Å². The van der Waals surface area contributed by atoms with Crippen LogP contribution in [0.5, 0.6) is 11.5 Å². The van der Waals surface area contributed by atoms with Crippen LogP contribution in [-0.4, -0.2) is 46.0 Å². The Morgan fingerprint density at radius 2 is 2.00 bits per heavy atom. The van der Waals surface area contributed by atoms with Gasteiger partial charge < -0.3 is 25.3 Å². The zero-order valence-corrected chi connectivity index (χ0v) is 16.3. The highest BCUT2D eigenvalue weighted by Crippen LogP contribution is 2.29. The highest BCUT2D eigenvalue weighted by molar-refractivity contribution is 14.0. The lowest BCUT2D eigenvalue weighted by atomic mass is 10.1.